The maximum absolute atomic E-state index is 12.3. The average Bonchev–Trinajstić information content (AvgIpc) is 2.83. The maximum Gasteiger partial charge on any atom is 0.246 e. The number of anilines is 1. The quantitative estimate of drug-likeness (QED) is 0.603. The molecule has 7 heteroatoms. The number of nitrogens with two attached hydrogens (primary N) is 1. The predicted molar refractivity (Wildman–Crippen MR) is 136 cm³/mol. The second kappa shape index (κ2) is 10.1. The van der Waals surface area contributed by atoms with E-state index in [-0.39, 0.29) is 0 Å². The zero-order valence-corrected chi connectivity index (χ0v) is 20.9. The van der Waals surface area contributed by atoms with E-state index in [4.69, 9.17) is 15.5 Å². The van der Waals surface area contributed by atoms with Crippen LogP contribution < -0.4 is 10.5 Å². The van der Waals surface area contributed by atoms with Gasteiger partial charge in [-0.25, -0.2) is 9.98 Å². The summed E-state index contributed by atoms with van der Waals surface area (Å²) in [6.45, 7) is 9.70. The van der Waals surface area contributed by atoms with Crippen molar-refractivity contribution in [1.29, 1.82) is 0 Å². The Morgan fingerprint density at radius 2 is 1.76 bits per heavy atom. The highest BCUT2D eigenvalue weighted by atomic mass is 16.5. The van der Waals surface area contributed by atoms with Gasteiger partial charge < -0.3 is 15.4 Å². The number of benzene rings is 1. The van der Waals surface area contributed by atoms with Crippen LogP contribution in [0.1, 0.15) is 83.3 Å². The van der Waals surface area contributed by atoms with Crippen LogP contribution in [0.25, 0.3) is 0 Å². The molecule has 1 amide bonds. The van der Waals surface area contributed by atoms with Gasteiger partial charge in [0.05, 0.1) is 5.71 Å². The topological polar surface area (TPSA) is 93.7 Å². The Kier molecular flexibility index (Phi) is 7.19. The van der Waals surface area contributed by atoms with Gasteiger partial charge in [-0.15, -0.1) is 0 Å². The van der Waals surface area contributed by atoms with Crippen molar-refractivity contribution in [3.8, 4) is 5.88 Å². The molecule has 2 heterocycles. The first-order valence-electron chi connectivity index (χ1n) is 12.6. The molecule has 0 unspecified atom stereocenters. The van der Waals surface area contributed by atoms with Crippen LogP contribution in [0.4, 0.5) is 11.5 Å². The summed E-state index contributed by atoms with van der Waals surface area (Å²) in [6.07, 6.45) is 7.86. The molecule has 2 aromatic rings. The summed E-state index contributed by atoms with van der Waals surface area (Å²) in [4.78, 5) is 27.3. The van der Waals surface area contributed by atoms with E-state index < -0.39 is 5.60 Å². The van der Waals surface area contributed by atoms with Gasteiger partial charge in [0.25, 0.3) is 0 Å². The number of rotatable bonds is 7. The Labute approximate surface area is 202 Å². The molecule has 182 valence electrons. The predicted octanol–water partition coefficient (Wildman–Crippen LogP) is 5.27. The van der Waals surface area contributed by atoms with E-state index in [1.54, 1.807) is 0 Å². The summed E-state index contributed by atoms with van der Waals surface area (Å²) in [5, 5.41) is 0. The van der Waals surface area contributed by atoms with Gasteiger partial charge in [0.2, 0.25) is 11.8 Å². The van der Waals surface area contributed by atoms with Crippen molar-refractivity contribution >= 4 is 23.1 Å². The van der Waals surface area contributed by atoms with Crippen molar-refractivity contribution in [2.24, 2.45) is 10.9 Å². The summed E-state index contributed by atoms with van der Waals surface area (Å²) < 4.78 is 6.11. The highest BCUT2D eigenvalue weighted by Gasteiger charge is 2.35. The fraction of sp³-hybridized carbons (Fsp3) is 0.556. The van der Waals surface area contributed by atoms with Crippen LogP contribution in [0.2, 0.25) is 0 Å². The van der Waals surface area contributed by atoms with E-state index in [2.05, 4.69) is 48.1 Å². The Hall–Kier alpha value is -2.96. The van der Waals surface area contributed by atoms with Gasteiger partial charge in [0.1, 0.15) is 11.9 Å². The molecule has 1 aromatic heterocycles. The molecule has 4 rings (SSSR count). The molecule has 1 fully saturated rings. The fourth-order valence-electron chi connectivity index (χ4n) is 5.26. The van der Waals surface area contributed by atoms with Crippen LogP contribution in [0, 0.1) is 5.92 Å². The highest BCUT2D eigenvalue weighted by molar-refractivity contribution is 6.09. The smallest absolute Gasteiger partial charge is 0.246 e. The number of aliphatic imine (C=N–C) groups is 1. The molecule has 2 aliphatic rings. The van der Waals surface area contributed by atoms with Crippen molar-refractivity contribution in [3.05, 3.63) is 41.7 Å². The van der Waals surface area contributed by atoms with Crippen LogP contribution >= 0.6 is 0 Å². The third kappa shape index (κ3) is 5.08. The zero-order chi connectivity index (χ0) is 24.3. The molecular formula is C27H37N5O2. The Morgan fingerprint density at radius 1 is 1.09 bits per heavy atom. The monoisotopic (exact) mass is 463 g/mol. The third-order valence-corrected chi connectivity index (χ3v) is 7.35. The number of nitrogen functional groups attached to an aromatic ring is 1. The molecular weight excluding hydrogens is 426 g/mol. The first-order valence-corrected chi connectivity index (χ1v) is 12.6. The second-order valence-electron chi connectivity index (χ2n) is 9.93. The number of carbonyl (C=O) groups excluding carboxylic acids is 1. The SMILES string of the molecule is CCN(CC)C(=O)CCC1CCC(c2ccc(C3=Nc4c(N)ncnc4OC3(C)C)cc2)CC1. The molecule has 1 aliphatic carbocycles. The van der Waals surface area contributed by atoms with Crippen molar-refractivity contribution in [2.45, 2.75) is 77.7 Å². The van der Waals surface area contributed by atoms with Crippen LogP contribution in [0.3, 0.4) is 0 Å². The van der Waals surface area contributed by atoms with Crippen molar-refractivity contribution < 1.29 is 9.53 Å². The number of ether oxygens (including phenoxy) is 1. The van der Waals surface area contributed by atoms with Crippen LogP contribution in [0.5, 0.6) is 5.88 Å². The number of hydrogen-bond donors (Lipinski definition) is 1. The molecule has 2 N–H and O–H groups in total. The van der Waals surface area contributed by atoms with Crippen molar-refractivity contribution in [3.63, 3.8) is 0 Å². The first kappa shape index (κ1) is 24.2. The molecule has 0 spiro atoms. The number of carbonyl (C=O) groups is 1. The Bertz CT molecular complexity index is 1040. The average molecular weight is 464 g/mol. The van der Waals surface area contributed by atoms with Crippen LogP contribution in [0.15, 0.2) is 35.6 Å². The number of aromatic nitrogens is 2. The summed E-state index contributed by atoms with van der Waals surface area (Å²) in [7, 11) is 0. The number of hydrogen-bond acceptors (Lipinski definition) is 6. The summed E-state index contributed by atoms with van der Waals surface area (Å²) in [5.74, 6) is 2.29. The molecule has 0 atom stereocenters. The lowest BCUT2D eigenvalue weighted by Gasteiger charge is -2.32. The molecule has 1 aliphatic heterocycles. The van der Waals surface area contributed by atoms with Crippen molar-refractivity contribution in [1.82, 2.24) is 14.9 Å². The lowest BCUT2D eigenvalue weighted by Crippen LogP contribution is -2.41. The minimum absolute atomic E-state index is 0.302. The van der Waals surface area contributed by atoms with E-state index in [9.17, 15) is 4.79 Å². The Morgan fingerprint density at radius 3 is 2.41 bits per heavy atom. The molecule has 0 saturated heterocycles. The molecule has 34 heavy (non-hydrogen) atoms. The minimum Gasteiger partial charge on any atom is -0.463 e. The van der Waals surface area contributed by atoms with Crippen LogP contribution in [-0.4, -0.2) is 45.2 Å². The van der Waals surface area contributed by atoms with Gasteiger partial charge in [-0.2, -0.15) is 4.98 Å². The van der Waals surface area contributed by atoms with E-state index >= 15 is 0 Å². The second-order valence-corrected chi connectivity index (χ2v) is 9.93. The molecule has 0 radical (unpaired) electrons. The summed E-state index contributed by atoms with van der Waals surface area (Å²) in [5.41, 5.74) is 9.12. The van der Waals surface area contributed by atoms with Gasteiger partial charge >= 0.3 is 0 Å². The highest BCUT2D eigenvalue weighted by Crippen LogP contribution is 2.40. The van der Waals surface area contributed by atoms with Gasteiger partial charge in [-0.05, 0) is 77.2 Å². The molecule has 0 bridgehead atoms. The van der Waals surface area contributed by atoms with Gasteiger partial charge in [-0.3, -0.25) is 4.79 Å². The zero-order valence-electron chi connectivity index (χ0n) is 20.9. The van der Waals surface area contributed by atoms with Crippen molar-refractivity contribution in [2.75, 3.05) is 18.8 Å². The number of amides is 1. The third-order valence-electron chi connectivity index (χ3n) is 7.35. The lowest BCUT2D eigenvalue weighted by molar-refractivity contribution is -0.131. The standard InChI is InChI=1S/C27H37N5O2/c1-5-32(6-2)22(33)16-9-18-7-10-19(11-8-18)20-12-14-21(15-13-20)24-27(3,4)34-26-23(31-24)25(28)29-17-30-26/h12-15,17-19H,5-11,16H2,1-4H3,(H2,28,29,30). The van der Waals surface area contributed by atoms with E-state index in [1.807, 2.05) is 18.7 Å². The molecule has 7 nitrogen and oxygen atoms in total. The first-order chi connectivity index (χ1) is 16.3. The van der Waals surface area contributed by atoms with Crippen LogP contribution in [-0.2, 0) is 4.79 Å². The largest absolute Gasteiger partial charge is 0.463 e. The van der Waals surface area contributed by atoms with Gasteiger partial charge in [0, 0.05) is 25.1 Å². The molecule has 1 saturated carbocycles. The molecule has 1 aromatic carbocycles. The Balaban J connectivity index is 1.38. The minimum atomic E-state index is -0.615. The lowest BCUT2D eigenvalue weighted by atomic mass is 9.77. The van der Waals surface area contributed by atoms with E-state index in [0.717, 1.165) is 30.8 Å². The maximum atomic E-state index is 12.3. The summed E-state index contributed by atoms with van der Waals surface area (Å²) >= 11 is 0. The van der Waals surface area contributed by atoms with E-state index in [0.29, 0.717) is 41.5 Å². The van der Waals surface area contributed by atoms with Gasteiger partial charge in [0.15, 0.2) is 11.5 Å². The number of nitrogens with zero attached hydrogens (tertiary/aromatic N) is 4. The van der Waals surface area contributed by atoms with E-state index in [1.165, 1.54) is 37.6 Å². The van der Waals surface area contributed by atoms with Gasteiger partial charge in [-0.1, -0.05) is 24.3 Å². The fourth-order valence-corrected chi connectivity index (χ4v) is 5.26. The summed E-state index contributed by atoms with van der Waals surface area (Å²) in [6, 6.07) is 8.73. The number of fused-ring (bicyclic) bond motifs is 1. The normalized spacial score (nSPS) is 21.2.